The fourth-order valence-electron chi connectivity index (χ4n) is 6.53. The van der Waals surface area contributed by atoms with Crippen LogP contribution in [-0.2, 0) is 11.2 Å². The summed E-state index contributed by atoms with van der Waals surface area (Å²) in [5, 5.41) is 0. The summed E-state index contributed by atoms with van der Waals surface area (Å²) in [6.07, 6.45) is 8.23. The minimum Gasteiger partial charge on any atom is -0.309 e. The topological polar surface area (TPSA) is 20.3 Å². The Kier molecular flexibility index (Phi) is 2.92. The number of benzene rings is 1. The summed E-state index contributed by atoms with van der Waals surface area (Å²) in [4.78, 5) is 15.9. The molecule has 3 atom stereocenters. The van der Waals surface area contributed by atoms with E-state index in [1.54, 1.807) is 0 Å². The number of amides is 1. The highest BCUT2D eigenvalue weighted by Crippen LogP contribution is 2.65. The Morgan fingerprint density at radius 2 is 1.87 bits per heavy atom. The van der Waals surface area contributed by atoms with E-state index in [1.165, 1.54) is 30.5 Å². The Hall–Kier alpha value is -0.830. The van der Waals surface area contributed by atoms with Crippen LogP contribution in [0.3, 0.4) is 0 Å². The van der Waals surface area contributed by atoms with E-state index in [2.05, 4.69) is 52.0 Å². The smallest absolute Gasteiger partial charge is 0.233 e. The van der Waals surface area contributed by atoms with Crippen LogP contribution in [0.4, 0.5) is 5.69 Å². The molecular formula is C20H24BrNO. The van der Waals surface area contributed by atoms with Gasteiger partial charge in [-0.05, 0) is 75.3 Å². The molecule has 1 amide bonds. The molecule has 4 aliphatic carbocycles. The van der Waals surface area contributed by atoms with Crippen LogP contribution in [0.25, 0.3) is 0 Å². The number of fused-ring (bicyclic) bond motifs is 1. The molecule has 4 bridgehead atoms. The van der Waals surface area contributed by atoms with Gasteiger partial charge in [0.2, 0.25) is 5.91 Å². The van der Waals surface area contributed by atoms with E-state index >= 15 is 0 Å². The third-order valence-corrected chi connectivity index (χ3v) is 7.80. The van der Waals surface area contributed by atoms with E-state index in [4.69, 9.17) is 0 Å². The Bertz CT molecular complexity index is 670. The average Bonchev–Trinajstić information content (AvgIpc) is 2.79. The molecule has 0 radical (unpaired) electrons. The first kappa shape index (κ1) is 14.5. The Balaban J connectivity index is 1.54. The van der Waals surface area contributed by atoms with Gasteiger partial charge in [-0.1, -0.05) is 34.1 Å². The van der Waals surface area contributed by atoms with Crippen molar-refractivity contribution < 1.29 is 4.79 Å². The zero-order valence-electron chi connectivity index (χ0n) is 13.7. The largest absolute Gasteiger partial charge is 0.309 e. The standard InChI is InChI=1S/C20H24BrNO/c1-13-6-16-4-2-3-5-17(16)22(13)18(23)19-8-14-7-15(9-19)11-20(21,10-14)12-19/h2-5,13-15H,6-12H2,1H3. The van der Waals surface area contributed by atoms with Gasteiger partial charge in [-0.25, -0.2) is 0 Å². The molecule has 6 rings (SSSR count). The van der Waals surface area contributed by atoms with Crippen LogP contribution >= 0.6 is 15.9 Å². The molecule has 2 nitrogen and oxygen atoms in total. The Morgan fingerprint density at radius 3 is 2.57 bits per heavy atom. The summed E-state index contributed by atoms with van der Waals surface area (Å²) in [6, 6.07) is 8.80. The number of hydrogen-bond donors (Lipinski definition) is 0. The van der Waals surface area contributed by atoms with Gasteiger partial charge in [0.1, 0.15) is 0 Å². The number of para-hydroxylation sites is 1. The summed E-state index contributed by atoms with van der Waals surface area (Å²) in [5.41, 5.74) is 2.41. The van der Waals surface area contributed by atoms with Gasteiger partial charge in [0.15, 0.2) is 0 Å². The SMILES string of the molecule is CC1Cc2ccccc2N1C(=O)C12CC3CC(CC(Br)(C3)C1)C2. The van der Waals surface area contributed by atoms with Crippen LogP contribution in [0.15, 0.2) is 24.3 Å². The van der Waals surface area contributed by atoms with E-state index in [0.717, 1.165) is 37.5 Å². The highest BCUT2D eigenvalue weighted by molar-refractivity contribution is 9.10. The van der Waals surface area contributed by atoms with E-state index in [-0.39, 0.29) is 9.74 Å². The maximum atomic E-state index is 13.7. The van der Waals surface area contributed by atoms with Crippen LogP contribution in [-0.4, -0.2) is 16.3 Å². The van der Waals surface area contributed by atoms with Crippen molar-refractivity contribution in [1.29, 1.82) is 0 Å². The Labute approximate surface area is 146 Å². The lowest BCUT2D eigenvalue weighted by Gasteiger charge is -2.60. The van der Waals surface area contributed by atoms with Gasteiger partial charge in [-0.3, -0.25) is 4.79 Å². The normalized spacial score (nSPS) is 43.7. The van der Waals surface area contributed by atoms with Gasteiger partial charge in [-0.2, -0.15) is 0 Å². The van der Waals surface area contributed by atoms with Crippen molar-refractivity contribution in [3.8, 4) is 0 Å². The molecular weight excluding hydrogens is 350 g/mol. The molecule has 0 saturated heterocycles. The molecule has 4 fully saturated rings. The number of hydrogen-bond acceptors (Lipinski definition) is 1. The van der Waals surface area contributed by atoms with Crippen LogP contribution in [0, 0.1) is 17.3 Å². The molecule has 122 valence electrons. The second kappa shape index (κ2) is 4.62. The molecule has 1 aliphatic heterocycles. The maximum absolute atomic E-state index is 13.7. The first-order valence-electron chi connectivity index (χ1n) is 9.09. The van der Waals surface area contributed by atoms with E-state index in [1.807, 2.05) is 0 Å². The maximum Gasteiger partial charge on any atom is 0.233 e. The summed E-state index contributed by atoms with van der Waals surface area (Å²) in [6.45, 7) is 2.21. The van der Waals surface area contributed by atoms with Crippen molar-refractivity contribution in [2.75, 3.05) is 4.90 Å². The highest BCUT2D eigenvalue weighted by atomic mass is 79.9. The second-order valence-electron chi connectivity index (χ2n) is 8.75. The van der Waals surface area contributed by atoms with Crippen LogP contribution in [0.1, 0.15) is 51.0 Å². The number of anilines is 1. The third-order valence-electron chi connectivity index (χ3n) is 6.87. The lowest BCUT2D eigenvalue weighted by Crippen LogP contribution is -2.59. The van der Waals surface area contributed by atoms with E-state index in [9.17, 15) is 4.79 Å². The van der Waals surface area contributed by atoms with Gasteiger partial charge >= 0.3 is 0 Å². The molecule has 5 aliphatic rings. The van der Waals surface area contributed by atoms with Crippen molar-refractivity contribution in [2.24, 2.45) is 17.3 Å². The summed E-state index contributed by atoms with van der Waals surface area (Å²) in [5.74, 6) is 1.94. The van der Waals surface area contributed by atoms with Crippen molar-refractivity contribution in [1.82, 2.24) is 0 Å². The molecule has 4 saturated carbocycles. The fourth-order valence-corrected chi connectivity index (χ4v) is 7.98. The van der Waals surface area contributed by atoms with Crippen molar-refractivity contribution in [3.05, 3.63) is 29.8 Å². The van der Waals surface area contributed by atoms with Gasteiger partial charge in [0.25, 0.3) is 0 Å². The lowest BCUT2D eigenvalue weighted by atomic mass is 9.49. The van der Waals surface area contributed by atoms with Crippen molar-refractivity contribution >= 4 is 27.5 Å². The molecule has 23 heavy (non-hydrogen) atoms. The number of carbonyl (C=O) groups is 1. The molecule has 1 aromatic rings. The minimum absolute atomic E-state index is 0.0979. The van der Waals surface area contributed by atoms with Gasteiger partial charge in [0, 0.05) is 16.1 Å². The average molecular weight is 374 g/mol. The van der Waals surface area contributed by atoms with E-state index in [0.29, 0.717) is 11.9 Å². The monoisotopic (exact) mass is 373 g/mol. The first-order valence-corrected chi connectivity index (χ1v) is 9.88. The number of halogens is 1. The van der Waals surface area contributed by atoms with E-state index < -0.39 is 0 Å². The Morgan fingerprint density at radius 1 is 1.17 bits per heavy atom. The van der Waals surface area contributed by atoms with Gasteiger partial charge in [0.05, 0.1) is 5.41 Å². The second-order valence-corrected chi connectivity index (χ2v) is 10.4. The van der Waals surface area contributed by atoms with Gasteiger partial charge < -0.3 is 4.90 Å². The fraction of sp³-hybridized carbons (Fsp3) is 0.650. The zero-order valence-corrected chi connectivity index (χ0v) is 15.3. The lowest BCUT2D eigenvalue weighted by molar-refractivity contribution is -0.141. The molecule has 1 heterocycles. The van der Waals surface area contributed by atoms with Crippen LogP contribution < -0.4 is 4.90 Å². The summed E-state index contributed by atoms with van der Waals surface area (Å²) < 4.78 is 0.245. The highest BCUT2D eigenvalue weighted by Gasteiger charge is 2.61. The molecule has 1 aromatic carbocycles. The number of carbonyl (C=O) groups excluding carboxylic acids is 1. The number of nitrogens with zero attached hydrogens (tertiary/aromatic N) is 1. The molecule has 0 N–H and O–H groups in total. The summed E-state index contributed by atoms with van der Waals surface area (Å²) in [7, 11) is 0. The minimum atomic E-state index is -0.0979. The number of alkyl halides is 1. The molecule has 0 aromatic heterocycles. The van der Waals surface area contributed by atoms with Crippen LogP contribution in [0.2, 0.25) is 0 Å². The van der Waals surface area contributed by atoms with Crippen LogP contribution in [0.5, 0.6) is 0 Å². The quantitative estimate of drug-likeness (QED) is 0.653. The first-order chi connectivity index (χ1) is 11.0. The third kappa shape index (κ3) is 2.01. The van der Waals surface area contributed by atoms with Gasteiger partial charge in [-0.15, -0.1) is 0 Å². The predicted molar refractivity (Wildman–Crippen MR) is 95.9 cm³/mol. The molecule has 3 unspecified atom stereocenters. The van der Waals surface area contributed by atoms with Crippen molar-refractivity contribution in [2.45, 2.75) is 62.2 Å². The zero-order chi connectivity index (χ0) is 15.8. The number of rotatable bonds is 1. The van der Waals surface area contributed by atoms with Crippen molar-refractivity contribution in [3.63, 3.8) is 0 Å². The molecule has 3 heteroatoms. The molecule has 0 spiro atoms. The summed E-state index contributed by atoms with van der Waals surface area (Å²) >= 11 is 4.05. The predicted octanol–water partition coefficient (Wildman–Crippen LogP) is 4.70.